The fourth-order valence-corrected chi connectivity index (χ4v) is 12.3. The predicted octanol–water partition coefficient (Wildman–Crippen LogP) is 7.88. The molecule has 0 aliphatic heterocycles. The van der Waals surface area contributed by atoms with E-state index < -0.39 is 5.60 Å². The second-order valence-corrected chi connectivity index (χ2v) is 16.7. The second-order valence-electron chi connectivity index (χ2n) is 16.7. The van der Waals surface area contributed by atoms with Crippen LogP contribution in [0.5, 0.6) is 5.75 Å². The Morgan fingerprint density at radius 1 is 0.762 bits per heavy atom. The van der Waals surface area contributed by atoms with Crippen molar-refractivity contribution in [3.8, 4) is 5.75 Å². The maximum absolute atomic E-state index is 11.8. The summed E-state index contributed by atoms with van der Waals surface area (Å²) < 4.78 is 0. The molecule has 8 rings (SSSR count). The van der Waals surface area contributed by atoms with Gasteiger partial charge in [-0.05, 0) is 171 Å². The van der Waals surface area contributed by atoms with Gasteiger partial charge in [-0.1, -0.05) is 32.4 Å². The lowest BCUT2D eigenvalue weighted by atomic mass is 9.46. The normalized spacial score (nSPS) is 48.8. The second kappa shape index (κ2) is 9.93. The summed E-state index contributed by atoms with van der Waals surface area (Å²) in [7, 11) is 0. The Labute approximate surface area is 253 Å². The van der Waals surface area contributed by atoms with Crippen molar-refractivity contribution in [1.29, 1.82) is 0 Å². The number of aliphatic hydroxyl groups is 2. The van der Waals surface area contributed by atoms with Crippen LogP contribution in [-0.4, -0.2) is 32.8 Å². The van der Waals surface area contributed by atoms with Gasteiger partial charge in [0.2, 0.25) is 0 Å². The number of hydrogen-bond acceptors (Lipinski definition) is 4. The molecule has 230 valence electrons. The van der Waals surface area contributed by atoms with Crippen molar-refractivity contribution < 1.29 is 20.1 Å². The van der Waals surface area contributed by atoms with E-state index in [0.29, 0.717) is 29.3 Å². The highest BCUT2D eigenvalue weighted by Crippen LogP contribution is 2.67. The van der Waals surface area contributed by atoms with Gasteiger partial charge >= 0.3 is 0 Å². The molecule has 11 atom stereocenters. The Morgan fingerprint density at radius 3 is 2.33 bits per heavy atom. The fraction of sp³-hybridized carbons (Fsp3) is 0.763. The van der Waals surface area contributed by atoms with Crippen LogP contribution in [0.25, 0.3) is 0 Å². The van der Waals surface area contributed by atoms with Crippen molar-refractivity contribution in [2.75, 3.05) is 0 Å². The smallest absolute Gasteiger partial charge is 0.155 e. The van der Waals surface area contributed by atoms with Crippen LogP contribution in [0.3, 0.4) is 0 Å². The van der Waals surface area contributed by atoms with Gasteiger partial charge in [-0.2, -0.15) is 0 Å². The standard InChI is InChI=1S/C20H30O2.C18H24O2/c1-18-9-6-14(21)12-13(18)4-5-15-16(18)7-10-19(2)17(15)8-11-20(19,3)22;1-18-9-8-14-13-5-3-12(19)10-11(13)2-4-15(14)16(18)6-7-17(18)20/h12,15-17,22H,4-11H2,1-3H3;3,5,10,14-17,19-20H,2,4,6-9H2,1H3/t15-,16+,17+,18+,19+,20+;14-,15-,16+,17+,18+/m11/s1. The summed E-state index contributed by atoms with van der Waals surface area (Å²) >= 11 is 0. The minimum absolute atomic E-state index is 0.0883. The summed E-state index contributed by atoms with van der Waals surface area (Å²) in [6.45, 7) is 9.16. The molecule has 4 nitrogen and oxygen atoms in total. The third-order valence-electron chi connectivity index (χ3n) is 15.2. The highest BCUT2D eigenvalue weighted by molar-refractivity contribution is 5.91. The third-order valence-corrected chi connectivity index (χ3v) is 15.2. The van der Waals surface area contributed by atoms with Crippen molar-refractivity contribution in [1.82, 2.24) is 0 Å². The van der Waals surface area contributed by atoms with Crippen molar-refractivity contribution >= 4 is 5.78 Å². The number of hydrogen-bond donors (Lipinski definition) is 3. The van der Waals surface area contributed by atoms with E-state index in [1.165, 1.54) is 55.2 Å². The number of aryl methyl sites for hydroxylation is 1. The Balaban J connectivity index is 0.000000138. The largest absolute Gasteiger partial charge is 0.508 e. The van der Waals surface area contributed by atoms with Crippen LogP contribution in [0.2, 0.25) is 0 Å². The maximum atomic E-state index is 11.8. The molecule has 0 bridgehead atoms. The summed E-state index contributed by atoms with van der Waals surface area (Å²) in [4.78, 5) is 11.8. The van der Waals surface area contributed by atoms with Gasteiger partial charge in [0.25, 0.3) is 0 Å². The van der Waals surface area contributed by atoms with Crippen LogP contribution in [-0.2, 0) is 11.2 Å². The summed E-state index contributed by atoms with van der Waals surface area (Å²) in [5, 5.41) is 31.0. The molecular formula is C38H54O4. The number of phenols is 1. The molecule has 0 heterocycles. The molecule has 4 heteroatoms. The van der Waals surface area contributed by atoms with Crippen molar-refractivity contribution in [3.05, 3.63) is 41.0 Å². The van der Waals surface area contributed by atoms with E-state index in [1.807, 2.05) is 18.2 Å². The van der Waals surface area contributed by atoms with E-state index in [0.717, 1.165) is 69.1 Å². The molecule has 1 aromatic rings. The topological polar surface area (TPSA) is 77.8 Å². The van der Waals surface area contributed by atoms with Gasteiger partial charge in [-0.15, -0.1) is 0 Å². The number of aromatic hydroxyl groups is 1. The van der Waals surface area contributed by atoms with Crippen LogP contribution < -0.4 is 0 Å². The molecule has 7 aliphatic rings. The highest BCUT2D eigenvalue weighted by atomic mass is 16.3. The molecule has 0 spiro atoms. The quantitative estimate of drug-likeness (QED) is 0.295. The number of phenolic OH excluding ortho intramolecular Hbond substituents is 1. The third kappa shape index (κ3) is 4.16. The molecule has 3 N–H and O–H groups in total. The van der Waals surface area contributed by atoms with Gasteiger partial charge in [-0.25, -0.2) is 0 Å². The van der Waals surface area contributed by atoms with Crippen LogP contribution in [0, 0.1) is 45.8 Å². The van der Waals surface area contributed by atoms with E-state index in [-0.39, 0.29) is 22.3 Å². The molecule has 42 heavy (non-hydrogen) atoms. The number of aliphatic hydroxyl groups excluding tert-OH is 1. The molecule has 5 saturated carbocycles. The fourth-order valence-electron chi connectivity index (χ4n) is 12.3. The van der Waals surface area contributed by atoms with E-state index in [2.05, 4.69) is 33.8 Å². The minimum Gasteiger partial charge on any atom is -0.508 e. The minimum atomic E-state index is -0.484. The number of carbonyl (C=O) groups is 1. The lowest BCUT2D eigenvalue weighted by Crippen LogP contribution is -2.53. The van der Waals surface area contributed by atoms with Gasteiger partial charge in [0, 0.05) is 6.42 Å². The number of carbonyl (C=O) groups excluding carboxylic acids is 1. The Morgan fingerprint density at radius 2 is 1.52 bits per heavy atom. The van der Waals surface area contributed by atoms with Crippen molar-refractivity contribution in [3.63, 3.8) is 0 Å². The highest BCUT2D eigenvalue weighted by Gasteiger charge is 2.62. The van der Waals surface area contributed by atoms with E-state index in [4.69, 9.17) is 0 Å². The number of rotatable bonds is 0. The van der Waals surface area contributed by atoms with E-state index >= 15 is 0 Å². The monoisotopic (exact) mass is 574 g/mol. The summed E-state index contributed by atoms with van der Waals surface area (Å²) in [6.07, 6.45) is 17.4. The number of allylic oxidation sites excluding steroid dienone is 1. The lowest BCUT2D eigenvalue weighted by Gasteiger charge is -2.58. The molecule has 0 amide bonds. The van der Waals surface area contributed by atoms with Gasteiger partial charge in [0.05, 0.1) is 11.7 Å². The first kappa shape index (κ1) is 29.1. The summed E-state index contributed by atoms with van der Waals surface area (Å²) in [5.41, 5.74) is 4.31. The number of benzene rings is 1. The van der Waals surface area contributed by atoms with Crippen LogP contribution in [0.4, 0.5) is 0 Å². The molecular weight excluding hydrogens is 520 g/mol. The zero-order valence-electron chi connectivity index (χ0n) is 26.5. The SMILES string of the molecule is C[C@]12CCC(=O)C=C1CC[C@@H]1[C@@H]2CC[C@@]2(C)[C@H]1CC[C@]2(C)O.C[C@]12CC[C@@H]3c4ccc(O)cc4CC[C@H]3[C@@H]1CC[C@@H]2O. The van der Waals surface area contributed by atoms with Gasteiger partial charge < -0.3 is 15.3 Å². The van der Waals surface area contributed by atoms with E-state index in [9.17, 15) is 20.1 Å². The zero-order chi connectivity index (χ0) is 29.7. The van der Waals surface area contributed by atoms with E-state index in [1.54, 1.807) is 0 Å². The maximum Gasteiger partial charge on any atom is 0.155 e. The van der Waals surface area contributed by atoms with Crippen molar-refractivity contribution in [2.24, 2.45) is 45.8 Å². The average Bonchev–Trinajstić information content (AvgIpc) is 3.40. The van der Waals surface area contributed by atoms with Crippen LogP contribution >= 0.6 is 0 Å². The zero-order valence-corrected chi connectivity index (χ0v) is 26.5. The Hall–Kier alpha value is -1.65. The molecule has 0 saturated heterocycles. The Bertz CT molecular complexity index is 1280. The first-order valence-corrected chi connectivity index (χ1v) is 17.3. The first-order valence-electron chi connectivity index (χ1n) is 17.3. The average molecular weight is 575 g/mol. The predicted molar refractivity (Wildman–Crippen MR) is 166 cm³/mol. The van der Waals surface area contributed by atoms with Crippen LogP contribution in [0.15, 0.2) is 29.8 Å². The molecule has 0 unspecified atom stereocenters. The van der Waals surface area contributed by atoms with Gasteiger partial charge in [0.1, 0.15) is 5.75 Å². The first-order chi connectivity index (χ1) is 19.9. The van der Waals surface area contributed by atoms with Gasteiger partial charge in [-0.3, -0.25) is 4.79 Å². The number of ketones is 1. The Kier molecular flexibility index (Phi) is 6.87. The summed E-state index contributed by atoms with van der Waals surface area (Å²) in [5.74, 6) is 4.99. The van der Waals surface area contributed by atoms with Gasteiger partial charge in [0.15, 0.2) is 5.78 Å². The van der Waals surface area contributed by atoms with Crippen LogP contribution in [0.1, 0.15) is 128 Å². The molecule has 0 aromatic heterocycles. The molecule has 7 aliphatic carbocycles. The summed E-state index contributed by atoms with van der Waals surface area (Å²) in [6, 6.07) is 5.96. The number of fused-ring (bicyclic) bond motifs is 10. The molecule has 5 fully saturated rings. The molecule has 0 radical (unpaired) electrons. The lowest BCUT2D eigenvalue weighted by molar-refractivity contribution is -0.124. The van der Waals surface area contributed by atoms with Crippen molar-refractivity contribution in [2.45, 2.75) is 135 Å². The molecule has 1 aromatic carbocycles.